The Labute approximate surface area is 136 Å². The summed E-state index contributed by atoms with van der Waals surface area (Å²) in [5, 5.41) is 2.87. The van der Waals surface area contributed by atoms with Gasteiger partial charge >= 0.3 is 6.09 Å². The number of rotatable bonds is 3. The number of piperazine rings is 1. The molecule has 1 saturated heterocycles. The van der Waals surface area contributed by atoms with Gasteiger partial charge in [-0.15, -0.1) is 0 Å². The Morgan fingerprint density at radius 1 is 1.32 bits per heavy atom. The number of amides is 1. The maximum atomic E-state index is 12.0. The molecule has 0 unspecified atom stereocenters. The minimum Gasteiger partial charge on any atom is -0.444 e. The molecule has 1 amide bonds. The molecule has 1 N–H and O–H groups in total. The van der Waals surface area contributed by atoms with E-state index in [2.05, 4.69) is 15.2 Å². The molecular formula is C15H22N4O2S. The van der Waals surface area contributed by atoms with Gasteiger partial charge in [-0.1, -0.05) is 12.2 Å². The van der Waals surface area contributed by atoms with Gasteiger partial charge in [0.1, 0.15) is 11.4 Å². The Kier molecular flexibility index (Phi) is 5.18. The van der Waals surface area contributed by atoms with Crippen molar-refractivity contribution in [2.75, 3.05) is 36.4 Å². The standard InChI is InChI=1S/C15H22N4O2S/c1-15(2,3)21-14(20)19-8-6-18(7-9-19)12-4-5-13(16-10-12)17-11-22/h4-5,10-11H,6-9H2,1-3H3,(H,16,17,22). The van der Waals surface area contributed by atoms with Crippen LogP contribution in [0.5, 0.6) is 0 Å². The van der Waals surface area contributed by atoms with E-state index >= 15 is 0 Å². The predicted octanol–water partition coefficient (Wildman–Crippen LogP) is 2.51. The van der Waals surface area contributed by atoms with Crippen molar-refractivity contribution in [3.05, 3.63) is 18.3 Å². The van der Waals surface area contributed by atoms with Crippen LogP contribution in [0.1, 0.15) is 20.8 Å². The molecule has 1 aromatic heterocycles. The fourth-order valence-electron chi connectivity index (χ4n) is 2.19. The number of anilines is 2. The lowest BCUT2D eigenvalue weighted by Crippen LogP contribution is -2.50. The molecule has 1 aliphatic heterocycles. The Bertz CT molecular complexity index is 519. The second kappa shape index (κ2) is 6.91. The number of hydrogen-bond acceptors (Lipinski definition) is 5. The van der Waals surface area contributed by atoms with Crippen molar-refractivity contribution in [3.8, 4) is 0 Å². The minimum atomic E-state index is -0.456. The summed E-state index contributed by atoms with van der Waals surface area (Å²) < 4.78 is 5.40. The van der Waals surface area contributed by atoms with Crippen molar-refractivity contribution in [3.63, 3.8) is 0 Å². The molecular weight excluding hydrogens is 300 g/mol. The van der Waals surface area contributed by atoms with E-state index in [-0.39, 0.29) is 6.09 Å². The summed E-state index contributed by atoms with van der Waals surface area (Å²) in [6, 6.07) is 3.88. The van der Waals surface area contributed by atoms with Crippen LogP contribution in [-0.4, -0.2) is 53.2 Å². The van der Waals surface area contributed by atoms with Gasteiger partial charge in [0.15, 0.2) is 0 Å². The zero-order valence-electron chi connectivity index (χ0n) is 13.2. The topological polar surface area (TPSA) is 57.7 Å². The average molecular weight is 322 g/mol. The fourth-order valence-corrected chi connectivity index (χ4v) is 2.31. The van der Waals surface area contributed by atoms with Crippen molar-refractivity contribution in [1.82, 2.24) is 9.88 Å². The lowest BCUT2D eigenvalue weighted by atomic mass is 10.2. The van der Waals surface area contributed by atoms with Gasteiger partial charge in [0.2, 0.25) is 0 Å². The smallest absolute Gasteiger partial charge is 0.410 e. The van der Waals surface area contributed by atoms with Gasteiger partial charge in [-0.3, -0.25) is 0 Å². The zero-order chi connectivity index (χ0) is 16.2. The fraction of sp³-hybridized carbons (Fsp3) is 0.533. The van der Waals surface area contributed by atoms with E-state index in [1.807, 2.05) is 39.1 Å². The highest BCUT2D eigenvalue weighted by atomic mass is 32.1. The third-order valence-electron chi connectivity index (χ3n) is 3.25. The number of carbonyl (C=O) groups is 1. The van der Waals surface area contributed by atoms with Crippen molar-refractivity contribution in [2.45, 2.75) is 26.4 Å². The summed E-state index contributed by atoms with van der Waals surface area (Å²) in [6.07, 6.45) is 1.57. The number of aromatic nitrogens is 1. The SMILES string of the molecule is CC(C)(C)OC(=O)N1CCN(c2ccc(NC=S)nc2)CC1. The lowest BCUT2D eigenvalue weighted by molar-refractivity contribution is 0.0240. The first kappa shape index (κ1) is 16.5. The van der Waals surface area contributed by atoms with E-state index in [0.29, 0.717) is 13.1 Å². The Hall–Kier alpha value is -1.89. The maximum Gasteiger partial charge on any atom is 0.410 e. The van der Waals surface area contributed by atoms with E-state index in [1.165, 1.54) is 5.49 Å². The predicted molar refractivity (Wildman–Crippen MR) is 91.5 cm³/mol. The molecule has 0 saturated carbocycles. The highest BCUT2D eigenvalue weighted by Gasteiger charge is 2.25. The van der Waals surface area contributed by atoms with Crippen LogP contribution in [0.4, 0.5) is 16.3 Å². The Balaban J connectivity index is 1.89. The van der Waals surface area contributed by atoms with Crippen molar-refractivity contribution in [1.29, 1.82) is 0 Å². The average Bonchev–Trinajstić information content (AvgIpc) is 2.47. The van der Waals surface area contributed by atoms with Gasteiger partial charge in [-0.2, -0.15) is 0 Å². The number of nitrogens with one attached hydrogen (secondary N) is 1. The first-order chi connectivity index (χ1) is 10.4. The zero-order valence-corrected chi connectivity index (χ0v) is 14.0. The van der Waals surface area contributed by atoms with Crippen LogP contribution >= 0.6 is 12.2 Å². The van der Waals surface area contributed by atoms with E-state index in [0.717, 1.165) is 24.6 Å². The molecule has 6 nitrogen and oxygen atoms in total. The van der Waals surface area contributed by atoms with Crippen LogP contribution in [0.15, 0.2) is 18.3 Å². The van der Waals surface area contributed by atoms with Crippen LogP contribution in [0, 0.1) is 0 Å². The maximum absolute atomic E-state index is 12.0. The summed E-state index contributed by atoms with van der Waals surface area (Å²) in [5.41, 5.74) is 2.02. The molecule has 0 aromatic carbocycles. The molecule has 1 aromatic rings. The summed E-state index contributed by atoms with van der Waals surface area (Å²) in [5.74, 6) is 0.728. The van der Waals surface area contributed by atoms with Gasteiger partial charge in [0.25, 0.3) is 0 Å². The number of pyridine rings is 1. The Morgan fingerprint density at radius 2 is 2.00 bits per heavy atom. The van der Waals surface area contributed by atoms with Crippen molar-refractivity contribution < 1.29 is 9.53 Å². The monoisotopic (exact) mass is 322 g/mol. The Morgan fingerprint density at radius 3 is 2.50 bits per heavy atom. The second-order valence-electron chi connectivity index (χ2n) is 6.12. The summed E-state index contributed by atoms with van der Waals surface area (Å²) in [4.78, 5) is 20.3. The second-order valence-corrected chi connectivity index (χ2v) is 6.35. The molecule has 0 spiro atoms. The molecule has 22 heavy (non-hydrogen) atoms. The van der Waals surface area contributed by atoms with E-state index < -0.39 is 5.60 Å². The van der Waals surface area contributed by atoms with E-state index in [1.54, 1.807) is 4.90 Å². The molecule has 0 aliphatic carbocycles. The first-order valence-corrected chi connectivity index (χ1v) is 7.75. The van der Waals surface area contributed by atoms with Gasteiger partial charge in [-0.25, -0.2) is 9.78 Å². The van der Waals surface area contributed by atoms with Crippen molar-refractivity contribution >= 4 is 35.3 Å². The minimum absolute atomic E-state index is 0.245. The third-order valence-corrected chi connectivity index (χ3v) is 3.37. The van der Waals surface area contributed by atoms with Crippen LogP contribution < -0.4 is 10.2 Å². The van der Waals surface area contributed by atoms with Crippen molar-refractivity contribution in [2.24, 2.45) is 0 Å². The molecule has 1 aliphatic rings. The third kappa shape index (κ3) is 4.56. The summed E-state index contributed by atoms with van der Waals surface area (Å²) in [6.45, 7) is 8.46. The molecule has 2 heterocycles. The lowest BCUT2D eigenvalue weighted by Gasteiger charge is -2.36. The number of thiocarbonyl (C=S) groups is 1. The first-order valence-electron chi connectivity index (χ1n) is 7.28. The number of nitrogens with zero attached hydrogens (tertiary/aromatic N) is 3. The highest BCUT2D eigenvalue weighted by Crippen LogP contribution is 2.18. The van der Waals surface area contributed by atoms with Gasteiger partial charge in [0, 0.05) is 26.2 Å². The number of carbonyl (C=O) groups excluding carboxylic acids is 1. The largest absolute Gasteiger partial charge is 0.444 e. The molecule has 7 heteroatoms. The highest BCUT2D eigenvalue weighted by molar-refractivity contribution is 7.79. The molecule has 0 radical (unpaired) electrons. The molecule has 1 fully saturated rings. The van der Waals surface area contributed by atoms with Gasteiger partial charge in [0.05, 0.1) is 17.4 Å². The van der Waals surface area contributed by atoms with E-state index in [9.17, 15) is 4.79 Å². The van der Waals surface area contributed by atoms with Crippen LogP contribution in [0.2, 0.25) is 0 Å². The van der Waals surface area contributed by atoms with E-state index in [4.69, 9.17) is 17.0 Å². The normalized spacial score (nSPS) is 15.4. The van der Waals surface area contributed by atoms with Gasteiger partial charge in [-0.05, 0) is 32.9 Å². The number of ether oxygens (including phenoxy) is 1. The van der Waals surface area contributed by atoms with Crippen LogP contribution in [0.3, 0.4) is 0 Å². The molecule has 2 rings (SSSR count). The summed E-state index contributed by atoms with van der Waals surface area (Å²) >= 11 is 4.73. The molecule has 0 bridgehead atoms. The quantitative estimate of drug-likeness (QED) is 0.863. The summed E-state index contributed by atoms with van der Waals surface area (Å²) in [7, 11) is 0. The molecule has 120 valence electrons. The van der Waals surface area contributed by atoms with Crippen LogP contribution in [0.25, 0.3) is 0 Å². The molecule has 0 atom stereocenters. The van der Waals surface area contributed by atoms with Crippen LogP contribution in [-0.2, 0) is 4.74 Å². The number of hydrogen-bond donors (Lipinski definition) is 1. The van der Waals surface area contributed by atoms with Gasteiger partial charge < -0.3 is 19.9 Å².